The summed E-state index contributed by atoms with van der Waals surface area (Å²) in [4.78, 5) is 10.6. The molecule has 0 saturated heterocycles. The second-order valence-corrected chi connectivity index (χ2v) is 3.49. The Hall–Kier alpha value is -1.39. The van der Waals surface area contributed by atoms with Gasteiger partial charge in [0.2, 0.25) is 0 Å². The summed E-state index contributed by atoms with van der Waals surface area (Å²) in [6, 6.07) is 3.72. The number of carbonyl (C=O) groups is 1. The highest BCUT2D eigenvalue weighted by Crippen LogP contribution is 2.31. The lowest BCUT2D eigenvalue weighted by atomic mass is 10.0. The van der Waals surface area contributed by atoms with E-state index in [4.69, 9.17) is 0 Å². The van der Waals surface area contributed by atoms with Gasteiger partial charge in [0.05, 0.1) is 5.56 Å². The van der Waals surface area contributed by atoms with Crippen molar-refractivity contribution in [3.63, 3.8) is 0 Å². The van der Waals surface area contributed by atoms with Crippen molar-refractivity contribution < 1.29 is 22.4 Å². The molecule has 0 N–H and O–H groups in total. The molecule has 1 atom stereocenters. The van der Waals surface area contributed by atoms with E-state index in [1.54, 1.807) is 0 Å². The molecule has 5 heteroatoms. The fourth-order valence-electron chi connectivity index (χ4n) is 1.25. The third-order valence-corrected chi connectivity index (χ3v) is 2.07. The van der Waals surface area contributed by atoms with Crippen molar-refractivity contribution in [2.45, 2.75) is 25.7 Å². The predicted octanol–water partition coefficient (Wildman–Crippen LogP) is 3.70. The van der Waals surface area contributed by atoms with Crippen molar-refractivity contribution in [1.82, 2.24) is 0 Å². The first-order valence-electron chi connectivity index (χ1n) is 4.61. The fraction of sp³-hybridized carbons (Fsp3) is 0.364. The molecule has 0 aliphatic heterocycles. The average molecular weight is 234 g/mol. The minimum atomic E-state index is -4.43. The van der Waals surface area contributed by atoms with Gasteiger partial charge in [0.15, 0.2) is 0 Å². The van der Waals surface area contributed by atoms with Crippen molar-refractivity contribution >= 4 is 5.78 Å². The number of hydrogen-bond donors (Lipinski definition) is 0. The van der Waals surface area contributed by atoms with Gasteiger partial charge in [-0.05, 0) is 24.6 Å². The molecule has 0 saturated carbocycles. The van der Waals surface area contributed by atoms with E-state index in [-0.39, 0.29) is 17.8 Å². The Labute approximate surface area is 90.1 Å². The molecule has 0 radical (unpaired) electrons. The van der Waals surface area contributed by atoms with E-state index in [2.05, 4.69) is 0 Å². The van der Waals surface area contributed by atoms with E-state index < -0.39 is 17.9 Å². The van der Waals surface area contributed by atoms with Crippen LogP contribution in [-0.4, -0.2) is 5.78 Å². The monoisotopic (exact) mass is 234 g/mol. The van der Waals surface area contributed by atoms with Gasteiger partial charge in [-0.1, -0.05) is 12.1 Å². The molecule has 1 aromatic rings. The lowest BCUT2D eigenvalue weighted by molar-refractivity contribution is -0.137. The second kappa shape index (κ2) is 4.63. The molecule has 0 aromatic heterocycles. The van der Waals surface area contributed by atoms with Crippen LogP contribution in [0, 0.1) is 0 Å². The summed E-state index contributed by atoms with van der Waals surface area (Å²) in [6.45, 7) is 1.23. The zero-order valence-electron chi connectivity index (χ0n) is 8.51. The molecule has 1 unspecified atom stereocenters. The quantitative estimate of drug-likeness (QED) is 0.729. The van der Waals surface area contributed by atoms with Crippen LogP contribution in [-0.2, 0) is 11.0 Å². The highest BCUT2D eigenvalue weighted by Gasteiger charge is 2.30. The van der Waals surface area contributed by atoms with Gasteiger partial charge in [-0.2, -0.15) is 13.2 Å². The van der Waals surface area contributed by atoms with Crippen LogP contribution in [0.3, 0.4) is 0 Å². The Morgan fingerprint density at radius 1 is 1.25 bits per heavy atom. The molecule has 0 aliphatic carbocycles. The zero-order chi connectivity index (χ0) is 12.3. The van der Waals surface area contributed by atoms with Crippen LogP contribution in [0.25, 0.3) is 0 Å². The minimum Gasteiger partial charge on any atom is -0.300 e. The Kier molecular flexibility index (Phi) is 3.67. The first-order valence-corrected chi connectivity index (χ1v) is 4.61. The second-order valence-electron chi connectivity index (χ2n) is 3.49. The van der Waals surface area contributed by atoms with Crippen LogP contribution in [0.1, 0.15) is 30.6 Å². The third-order valence-electron chi connectivity index (χ3n) is 2.07. The van der Waals surface area contributed by atoms with Crippen LogP contribution in [0.15, 0.2) is 24.3 Å². The van der Waals surface area contributed by atoms with Crippen molar-refractivity contribution in [3.05, 3.63) is 35.4 Å². The number of hydrogen-bond acceptors (Lipinski definition) is 1. The Morgan fingerprint density at radius 2 is 1.75 bits per heavy atom. The molecule has 0 bridgehead atoms. The van der Waals surface area contributed by atoms with Crippen LogP contribution in [0.4, 0.5) is 17.6 Å². The molecule has 0 heterocycles. The van der Waals surface area contributed by atoms with Gasteiger partial charge in [-0.15, -0.1) is 0 Å². The summed E-state index contributed by atoms with van der Waals surface area (Å²) in [7, 11) is 0. The Morgan fingerprint density at radius 3 is 2.12 bits per heavy atom. The van der Waals surface area contributed by atoms with Gasteiger partial charge in [0.25, 0.3) is 0 Å². The molecule has 88 valence electrons. The zero-order valence-corrected chi connectivity index (χ0v) is 8.51. The van der Waals surface area contributed by atoms with Gasteiger partial charge in [-0.3, -0.25) is 4.79 Å². The summed E-state index contributed by atoms with van der Waals surface area (Å²) in [5.74, 6) is -0.340. The first-order chi connectivity index (χ1) is 7.30. The average Bonchev–Trinajstić information content (AvgIpc) is 2.15. The topological polar surface area (TPSA) is 17.1 Å². The lowest BCUT2D eigenvalue weighted by Crippen LogP contribution is -2.05. The number of Topliss-reactive ketones (excluding diaryl/α,β-unsaturated/α-hetero) is 1. The van der Waals surface area contributed by atoms with Crippen LogP contribution < -0.4 is 0 Å². The largest absolute Gasteiger partial charge is 0.416 e. The molecule has 1 nitrogen and oxygen atoms in total. The summed E-state index contributed by atoms with van der Waals surface area (Å²) in [5, 5.41) is 0. The first kappa shape index (κ1) is 12.7. The Bertz CT molecular complexity index is 367. The summed E-state index contributed by atoms with van der Waals surface area (Å²) in [6.07, 6.45) is -6.28. The van der Waals surface area contributed by atoms with Crippen LogP contribution in [0.2, 0.25) is 0 Å². The van der Waals surface area contributed by atoms with Crippen LogP contribution in [0.5, 0.6) is 0 Å². The maximum absolute atomic E-state index is 13.3. The van der Waals surface area contributed by atoms with Crippen LogP contribution >= 0.6 is 0 Å². The normalized spacial score (nSPS) is 13.6. The third kappa shape index (κ3) is 3.32. The van der Waals surface area contributed by atoms with Crippen molar-refractivity contribution in [3.8, 4) is 0 Å². The predicted molar refractivity (Wildman–Crippen MR) is 50.6 cm³/mol. The number of rotatable bonds is 3. The molecule has 0 aliphatic rings. The van der Waals surface area contributed by atoms with E-state index in [0.29, 0.717) is 0 Å². The number of carbonyl (C=O) groups excluding carboxylic acids is 1. The highest BCUT2D eigenvalue weighted by molar-refractivity contribution is 5.76. The van der Waals surface area contributed by atoms with Crippen molar-refractivity contribution in [2.75, 3.05) is 0 Å². The van der Waals surface area contributed by atoms with E-state index in [0.717, 1.165) is 24.3 Å². The standard InChI is InChI=1S/C11H10F4O/c1-7(16)6-10(12)8-2-4-9(5-3-8)11(13,14)15/h2-5,10H,6H2,1H3. The number of ketones is 1. The number of halogens is 4. The van der Waals surface area contributed by atoms with Gasteiger partial charge in [0.1, 0.15) is 12.0 Å². The van der Waals surface area contributed by atoms with Gasteiger partial charge in [0, 0.05) is 6.42 Å². The molecule has 16 heavy (non-hydrogen) atoms. The van der Waals surface area contributed by atoms with Gasteiger partial charge in [-0.25, -0.2) is 4.39 Å². The lowest BCUT2D eigenvalue weighted by Gasteiger charge is -2.09. The summed E-state index contributed by atoms with van der Waals surface area (Å²) < 4.78 is 49.9. The molecule has 1 rings (SSSR count). The van der Waals surface area contributed by atoms with Crippen molar-refractivity contribution in [1.29, 1.82) is 0 Å². The molecule has 0 fully saturated rings. The van der Waals surface area contributed by atoms with E-state index in [9.17, 15) is 22.4 Å². The summed E-state index contributed by atoms with van der Waals surface area (Å²) in [5.41, 5.74) is -0.741. The summed E-state index contributed by atoms with van der Waals surface area (Å²) >= 11 is 0. The SMILES string of the molecule is CC(=O)CC(F)c1ccc(C(F)(F)F)cc1. The Balaban J connectivity index is 2.83. The van der Waals surface area contributed by atoms with E-state index >= 15 is 0 Å². The maximum Gasteiger partial charge on any atom is 0.416 e. The van der Waals surface area contributed by atoms with E-state index in [1.807, 2.05) is 0 Å². The number of alkyl halides is 4. The molecular weight excluding hydrogens is 224 g/mol. The van der Waals surface area contributed by atoms with Crippen molar-refractivity contribution in [2.24, 2.45) is 0 Å². The highest BCUT2D eigenvalue weighted by atomic mass is 19.4. The maximum atomic E-state index is 13.3. The molecule has 0 spiro atoms. The fourth-order valence-corrected chi connectivity index (χ4v) is 1.25. The molecule has 0 amide bonds. The van der Waals surface area contributed by atoms with Gasteiger partial charge >= 0.3 is 6.18 Å². The smallest absolute Gasteiger partial charge is 0.300 e. The molecular formula is C11H10F4O. The van der Waals surface area contributed by atoms with E-state index in [1.165, 1.54) is 6.92 Å². The van der Waals surface area contributed by atoms with Gasteiger partial charge < -0.3 is 0 Å². The minimum absolute atomic E-state index is 0.0863. The molecule has 1 aromatic carbocycles. The number of benzene rings is 1.